The van der Waals surface area contributed by atoms with Crippen molar-refractivity contribution in [3.05, 3.63) is 95.7 Å². The van der Waals surface area contributed by atoms with Crippen molar-refractivity contribution < 1.29 is 9.59 Å². The predicted octanol–water partition coefficient (Wildman–Crippen LogP) is 5.16. The zero-order valence-electron chi connectivity index (χ0n) is 18.7. The molecule has 0 spiro atoms. The first kappa shape index (κ1) is 21.8. The van der Waals surface area contributed by atoms with Crippen LogP contribution in [0.5, 0.6) is 0 Å². The highest BCUT2D eigenvalue weighted by Gasteiger charge is 2.19. The van der Waals surface area contributed by atoms with E-state index in [0.717, 1.165) is 16.8 Å². The summed E-state index contributed by atoms with van der Waals surface area (Å²) in [7, 11) is 1.55. The summed E-state index contributed by atoms with van der Waals surface area (Å²) in [6, 6.07) is 22.4. The van der Waals surface area contributed by atoms with Gasteiger partial charge in [0.15, 0.2) is 0 Å². The molecule has 1 heterocycles. The largest absolute Gasteiger partial charge is 0.341 e. The van der Waals surface area contributed by atoms with Crippen LogP contribution < -0.4 is 16.0 Å². The van der Waals surface area contributed by atoms with Crippen LogP contribution in [0.3, 0.4) is 0 Å². The molecule has 3 amide bonds. The maximum absolute atomic E-state index is 13.3. The number of benzene rings is 3. The Hall–Kier alpha value is -4.39. The minimum absolute atomic E-state index is 0.266. The summed E-state index contributed by atoms with van der Waals surface area (Å²) >= 11 is 0. The summed E-state index contributed by atoms with van der Waals surface area (Å²) in [4.78, 5) is 24.7. The number of carbonyl (C=O) groups excluding carboxylic acids is 2. The van der Waals surface area contributed by atoms with Gasteiger partial charge in [-0.1, -0.05) is 30.3 Å². The third kappa shape index (κ3) is 4.93. The summed E-state index contributed by atoms with van der Waals surface area (Å²) in [6.07, 6.45) is 1.75. The predicted molar refractivity (Wildman–Crippen MR) is 131 cm³/mol. The number of para-hydroxylation sites is 1. The van der Waals surface area contributed by atoms with Crippen LogP contribution in [-0.4, -0.2) is 28.8 Å². The number of hydrogen-bond donors (Lipinski definition) is 3. The van der Waals surface area contributed by atoms with Crippen LogP contribution in [0, 0.1) is 13.8 Å². The normalized spacial score (nSPS) is 10.5. The lowest BCUT2D eigenvalue weighted by Gasteiger charge is -2.08. The van der Waals surface area contributed by atoms with Crippen LogP contribution >= 0.6 is 0 Å². The van der Waals surface area contributed by atoms with Crippen LogP contribution in [-0.2, 0) is 0 Å². The van der Waals surface area contributed by atoms with Crippen LogP contribution in [0.15, 0.2) is 79.0 Å². The van der Waals surface area contributed by atoms with Crippen molar-refractivity contribution in [2.24, 2.45) is 0 Å². The molecular formula is C26H25N5O2. The second kappa shape index (κ2) is 9.40. The topological polar surface area (TPSA) is 88.0 Å². The van der Waals surface area contributed by atoms with Gasteiger partial charge in [0, 0.05) is 30.2 Å². The van der Waals surface area contributed by atoms with Crippen molar-refractivity contribution in [3.8, 4) is 16.9 Å². The summed E-state index contributed by atoms with van der Waals surface area (Å²) < 4.78 is 1.72. The van der Waals surface area contributed by atoms with Gasteiger partial charge in [0.25, 0.3) is 5.91 Å². The first-order valence-electron chi connectivity index (χ1n) is 10.6. The molecule has 4 aromatic rings. The number of carbonyl (C=O) groups is 2. The second-order valence-electron chi connectivity index (χ2n) is 7.71. The van der Waals surface area contributed by atoms with E-state index in [1.807, 2.05) is 55.5 Å². The molecule has 0 aliphatic carbocycles. The van der Waals surface area contributed by atoms with Gasteiger partial charge in [0.1, 0.15) is 5.69 Å². The Morgan fingerprint density at radius 1 is 0.818 bits per heavy atom. The van der Waals surface area contributed by atoms with Crippen LogP contribution in [0.25, 0.3) is 16.9 Å². The van der Waals surface area contributed by atoms with Crippen molar-refractivity contribution in [2.75, 3.05) is 17.7 Å². The van der Waals surface area contributed by atoms with Gasteiger partial charge in [0.05, 0.1) is 11.3 Å². The highest BCUT2D eigenvalue weighted by molar-refractivity contribution is 6.08. The van der Waals surface area contributed by atoms with Crippen molar-refractivity contribution in [1.29, 1.82) is 0 Å². The Balaban J connectivity index is 1.66. The lowest BCUT2D eigenvalue weighted by molar-refractivity contribution is 0.102. The Morgan fingerprint density at radius 3 is 2.12 bits per heavy atom. The summed E-state index contributed by atoms with van der Waals surface area (Å²) in [6.45, 7) is 4.10. The summed E-state index contributed by atoms with van der Waals surface area (Å²) in [5.74, 6) is -0.266. The fourth-order valence-electron chi connectivity index (χ4n) is 3.38. The SMILES string of the molecule is CNC(=O)Nc1ccc(NC(=O)c2cn(-c3ccccc3)nc2-c2ccc(C)c(C)c2)cc1. The van der Waals surface area contributed by atoms with Crippen molar-refractivity contribution in [2.45, 2.75) is 13.8 Å². The lowest BCUT2D eigenvalue weighted by atomic mass is 10.0. The Morgan fingerprint density at radius 2 is 1.48 bits per heavy atom. The molecule has 33 heavy (non-hydrogen) atoms. The molecule has 0 aliphatic heterocycles. The average molecular weight is 440 g/mol. The van der Waals surface area contributed by atoms with Gasteiger partial charge in [-0.15, -0.1) is 0 Å². The number of anilines is 2. The fourth-order valence-corrected chi connectivity index (χ4v) is 3.38. The van der Waals surface area contributed by atoms with Crippen molar-refractivity contribution in [3.63, 3.8) is 0 Å². The zero-order valence-corrected chi connectivity index (χ0v) is 18.7. The number of aryl methyl sites for hydroxylation is 2. The molecular weight excluding hydrogens is 414 g/mol. The maximum Gasteiger partial charge on any atom is 0.318 e. The van der Waals surface area contributed by atoms with Gasteiger partial charge in [-0.2, -0.15) is 5.10 Å². The van der Waals surface area contributed by atoms with Crippen molar-refractivity contribution in [1.82, 2.24) is 15.1 Å². The number of hydrogen-bond acceptors (Lipinski definition) is 3. The van der Waals surface area contributed by atoms with E-state index in [1.54, 1.807) is 42.2 Å². The van der Waals surface area contributed by atoms with Gasteiger partial charge in [-0.25, -0.2) is 9.48 Å². The molecule has 0 unspecified atom stereocenters. The summed E-state index contributed by atoms with van der Waals surface area (Å²) in [5, 5.41) is 12.9. The van der Waals surface area contributed by atoms with E-state index in [4.69, 9.17) is 5.10 Å². The van der Waals surface area contributed by atoms with Gasteiger partial charge in [0.2, 0.25) is 0 Å². The van der Waals surface area contributed by atoms with Gasteiger partial charge in [-0.3, -0.25) is 4.79 Å². The Labute approximate surface area is 192 Å². The molecule has 166 valence electrons. The lowest BCUT2D eigenvalue weighted by Crippen LogP contribution is -2.24. The van der Waals surface area contributed by atoms with Crippen LogP contribution in [0.1, 0.15) is 21.5 Å². The zero-order chi connectivity index (χ0) is 23.4. The third-order valence-corrected chi connectivity index (χ3v) is 5.39. The molecule has 0 bridgehead atoms. The van der Waals surface area contributed by atoms with Crippen LogP contribution in [0.4, 0.5) is 16.2 Å². The quantitative estimate of drug-likeness (QED) is 0.401. The smallest absolute Gasteiger partial charge is 0.318 e. The van der Waals surface area contributed by atoms with Gasteiger partial charge in [-0.05, 0) is 67.4 Å². The molecule has 0 aliphatic rings. The number of urea groups is 1. The minimum Gasteiger partial charge on any atom is -0.341 e. The molecule has 0 saturated heterocycles. The molecule has 0 radical (unpaired) electrons. The highest BCUT2D eigenvalue weighted by Crippen LogP contribution is 2.27. The minimum atomic E-state index is -0.307. The molecule has 4 rings (SSSR count). The first-order valence-corrected chi connectivity index (χ1v) is 10.6. The highest BCUT2D eigenvalue weighted by atomic mass is 16.2. The first-order chi connectivity index (χ1) is 15.9. The second-order valence-corrected chi connectivity index (χ2v) is 7.71. The molecule has 7 nitrogen and oxygen atoms in total. The van der Waals surface area contributed by atoms with Gasteiger partial charge >= 0.3 is 6.03 Å². The number of aromatic nitrogens is 2. The monoisotopic (exact) mass is 439 g/mol. The molecule has 3 N–H and O–H groups in total. The van der Waals surface area contributed by atoms with Crippen molar-refractivity contribution >= 4 is 23.3 Å². The molecule has 7 heteroatoms. The van der Waals surface area contributed by atoms with E-state index in [0.29, 0.717) is 22.6 Å². The standard InChI is InChI=1S/C26H25N5O2/c1-17-9-10-19(15-18(17)2)24-23(16-31(30-24)22-7-5-4-6-8-22)25(32)28-20-11-13-21(14-12-20)29-26(33)27-3/h4-16H,1-3H3,(H,28,32)(H2,27,29,33). The van der Waals surface area contributed by atoms with E-state index < -0.39 is 0 Å². The Kier molecular flexibility index (Phi) is 6.22. The third-order valence-electron chi connectivity index (χ3n) is 5.39. The van der Waals surface area contributed by atoms with E-state index in [2.05, 4.69) is 22.9 Å². The Bertz CT molecular complexity index is 1290. The summed E-state index contributed by atoms with van der Waals surface area (Å²) in [5.41, 5.74) is 6.37. The fraction of sp³-hybridized carbons (Fsp3) is 0.115. The molecule has 0 fully saturated rings. The van der Waals surface area contributed by atoms with Crippen LogP contribution in [0.2, 0.25) is 0 Å². The molecule has 0 atom stereocenters. The maximum atomic E-state index is 13.3. The molecule has 0 saturated carbocycles. The number of rotatable bonds is 5. The number of amides is 3. The molecule has 3 aromatic carbocycles. The number of nitrogens with one attached hydrogen (secondary N) is 3. The average Bonchev–Trinajstić information content (AvgIpc) is 3.28. The number of nitrogens with zero attached hydrogens (tertiary/aromatic N) is 2. The van der Waals surface area contributed by atoms with E-state index >= 15 is 0 Å². The van der Waals surface area contributed by atoms with E-state index in [9.17, 15) is 9.59 Å². The molecule has 1 aromatic heterocycles. The van der Waals surface area contributed by atoms with E-state index in [-0.39, 0.29) is 11.9 Å². The van der Waals surface area contributed by atoms with Gasteiger partial charge < -0.3 is 16.0 Å². The van der Waals surface area contributed by atoms with E-state index in [1.165, 1.54) is 5.56 Å².